The predicted octanol–water partition coefficient (Wildman–Crippen LogP) is 1.63. The standard InChI is InChI=1S/C12H15ClN4O/c1-17-12(10(13)7-15-17)11(16-14)8-4-3-5-9(6-8)18-2/h3-7,11,16H,14H2,1-2H3. The van der Waals surface area contributed by atoms with Crippen LogP contribution in [0.1, 0.15) is 17.3 Å². The van der Waals surface area contributed by atoms with Crippen LogP contribution in [-0.4, -0.2) is 16.9 Å². The van der Waals surface area contributed by atoms with Gasteiger partial charge in [-0.25, -0.2) is 5.43 Å². The van der Waals surface area contributed by atoms with Crippen molar-refractivity contribution in [3.63, 3.8) is 0 Å². The van der Waals surface area contributed by atoms with Gasteiger partial charge in [0.05, 0.1) is 30.1 Å². The van der Waals surface area contributed by atoms with E-state index in [9.17, 15) is 0 Å². The monoisotopic (exact) mass is 266 g/mol. The van der Waals surface area contributed by atoms with Crippen LogP contribution in [0.15, 0.2) is 30.5 Å². The molecule has 0 aliphatic rings. The van der Waals surface area contributed by atoms with Gasteiger partial charge in [0.15, 0.2) is 0 Å². The molecular formula is C12H15ClN4O. The van der Waals surface area contributed by atoms with E-state index < -0.39 is 0 Å². The van der Waals surface area contributed by atoms with Crippen molar-refractivity contribution in [2.45, 2.75) is 6.04 Å². The first kappa shape index (κ1) is 12.9. The molecule has 96 valence electrons. The van der Waals surface area contributed by atoms with Crippen molar-refractivity contribution in [3.05, 3.63) is 46.7 Å². The number of rotatable bonds is 4. The molecule has 0 aliphatic heterocycles. The van der Waals surface area contributed by atoms with Crippen LogP contribution in [0.4, 0.5) is 0 Å². The fraction of sp³-hybridized carbons (Fsp3) is 0.250. The maximum Gasteiger partial charge on any atom is 0.119 e. The minimum atomic E-state index is -0.236. The van der Waals surface area contributed by atoms with Crippen LogP contribution in [0.2, 0.25) is 5.02 Å². The normalized spacial score (nSPS) is 12.4. The number of ether oxygens (including phenoxy) is 1. The molecule has 1 atom stereocenters. The molecule has 0 radical (unpaired) electrons. The number of hydrazine groups is 1. The van der Waals surface area contributed by atoms with Crippen LogP contribution in [0, 0.1) is 0 Å². The lowest BCUT2D eigenvalue weighted by Gasteiger charge is -2.18. The number of hydrogen-bond donors (Lipinski definition) is 2. The van der Waals surface area contributed by atoms with Crippen molar-refractivity contribution < 1.29 is 4.74 Å². The molecule has 0 spiro atoms. The quantitative estimate of drug-likeness (QED) is 0.652. The summed E-state index contributed by atoms with van der Waals surface area (Å²) in [7, 11) is 3.45. The molecule has 5 nitrogen and oxygen atoms in total. The topological polar surface area (TPSA) is 65.1 Å². The number of hydrogen-bond acceptors (Lipinski definition) is 4. The number of nitrogens with zero attached hydrogens (tertiary/aromatic N) is 2. The summed E-state index contributed by atoms with van der Waals surface area (Å²) in [5.74, 6) is 6.40. The molecule has 2 aromatic rings. The predicted molar refractivity (Wildman–Crippen MR) is 70.4 cm³/mol. The third-order valence-electron chi connectivity index (χ3n) is 2.80. The Bertz CT molecular complexity index is 521. The maximum atomic E-state index is 6.13. The fourth-order valence-electron chi connectivity index (χ4n) is 1.90. The second-order valence-corrected chi connectivity index (χ2v) is 4.28. The number of halogens is 1. The number of methoxy groups -OCH3 is 1. The second kappa shape index (κ2) is 5.39. The van der Waals surface area contributed by atoms with E-state index in [0.717, 1.165) is 17.0 Å². The Kier molecular flexibility index (Phi) is 3.86. The lowest BCUT2D eigenvalue weighted by molar-refractivity contribution is 0.413. The van der Waals surface area contributed by atoms with Crippen LogP contribution in [0.3, 0.4) is 0 Å². The molecule has 1 unspecified atom stereocenters. The van der Waals surface area contributed by atoms with E-state index in [-0.39, 0.29) is 6.04 Å². The molecule has 1 aromatic carbocycles. The molecule has 2 rings (SSSR count). The van der Waals surface area contributed by atoms with Gasteiger partial charge in [0, 0.05) is 7.05 Å². The van der Waals surface area contributed by atoms with Crippen LogP contribution in [0.25, 0.3) is 0 Å². The highest BCUT2D eigenvalue weighted by Gasteiger charge is 2.20. The first-order chi connectivity index (χ1) is 8.67. The first-order valence-corrected chi connectivity index (χ1v) is 5.82. The van der Waals surface area contributed by atoms with Crippen LogP contribution < -0.4 is 16.0 Å². The number of aryl methyl sites for hydroxylation is 1. The van der Waals surface area contributed by atoms with E-state index in [0.29, 0.717) is 5.02 Å². The summed E-state index contributed by atoms with van der Waals surface area (Å²) in [6, 6.07) is 7.41. The SMILES string of the molecule is COc1cccc(C(NN)c2c(Cl)cnn2C)c1. The van der Waals surface area contributed by atoms with Crippen molar-refractivity contribution in [1.29, 1.82) is 0 Å². The van der Waals surface area contributed by atoms with E-state index in [2.05, 4.69) is 10.5 Å². The summed E-state index contributed by atoms with van der Waals surface area (Å²) in [4.78, 5) is 0. The van der Waals surface area contributed by atoms with Crippen molar-refractivity contribution >= 4 is 11.6 Å². The third-order valence-corrected chi connectivity index (χ3v) is 3.10. The first-order valence-electron chi connectivity index (χ1n) is 5.45. The molecule has 0 saturated heterocycles. The third kappa shape index (κ3) is 2.33. The van der Waals surface area contributed by atoms with E-state index in [1.807, 2.05) is 31.3 Å². The molecule has 1 heterocycles. The lowest BCUT2D eigenvalue weighted by Crippen LogP contribution is -2.30. The Hall–Kier alpha value is -1.56. The minimum Gasteiger partial charge on any atom is -0.497 e. The van der Waals surface area contributed by atoms with Crippen LogP contribution in [-0.2, 0) is 7.05 Å². The summed E-state index contributed by atoms with van der Waals surface area (Å²) in [6.45, 7) is 0. The van der Waals surface area contributed by atoms with Crippen molar-refractivity contribution in [3.8, 4) is 5.75 Å². The highest BCUT2D eigenvalue weighted by molar-refractivity contribution is 6.31. The zero-order valence-corrected chi connectivity index (χ0v) is 11.0. The Morgan fingerprint density at radius 2 is 2.28 bits per heavy atom. The summed E-state index contributed by atoms with van der Waals surface area (Å²) in [5.41, 5.74) is 4.53. The van der Waals surface area contributed by atoms with Gasteiger partial charge in [-0.05, 0) is 17.7 Å². The highest BCUT2D eigenvalue weighted by atomic mass is 35.5. The van der Waals surface area contributed by atoms with Crippen molar-refractivity contribution in [2.75, 3.05) is 7.11 Å². The summed E-state index contributed by atoms with van der Waals surface area (Å²) >= 11 is 6.13. The lowest BCUT2D eigenvalue weighted by atomic mass is 10.0. The maximum absolute atomic E-state index is 6.13. The number of benzene rings is 1. The fourth-order valence-corrected chi connectivity index (χ4v) is 2.17. The number of nitrogens with one attached hydrogen (secondary N) is 1. The molecule has 3 N–H and O–H groups in total. The average Bonchev–Trinajstić information content (AvgIpc) is 2.72. The summed E-state index contributed by atoms with van der Waals surface area (Å²) < 4.78 is 6.90. The Morgan fingerprint density at radius 3 is 2.83 bits per heavy atom. The molecule has 6 heteroatoms. The molecule has 0 saturated carbocycles. The molecule has 0 fully saturated rings. The summed E-state index contributed by atoms with van der Waals surface area (Å²) in [6.07, 6.45) is 1.60. The molecule has 18 heavy (non-hydrogen) atoms. The minimum absolute atomic E-state index is 0.236. The van der Waals surface area contributed by atoms with Crippen molar-refractivity contribution in [1.82, 2.24) is 15.2 Å². The van der Waals surface area contributed by atoms with Gasteiger partial charge >= 0.3 is 0 Å². The largest absolute Gasteiger partial charge is 0.497 e. The highest BCUT2D eigenvalue weighted by Crippen LogP contribution is 2.28. The molecule has 1 aromatic heterocycles. The van der Waals surface area contributed by atoms with E-state index in [4.69, 9.17) is 22.2 Å². The molecule has 0 bridgehead atoms. The van der Waals surface area contributed by atoms with Gasteiger partial charge in [-0.15, -0.1) is 0 Å². The van der Waals surface area contributed by atoms with Gasteiger partial charge in [0.2, 0.25) is 0 Å². The number of aromatic nitrogens is 2. The Morgan fingerprint density at radius 1 is 1.50 bits per heavy atom. The smallest absolute Gasteiger partial charge is 0.119 e. The molecular weight excluding hydrogens is 252 g/mol. The zero-order valence-electron chi connectivity index (χ0n) is 10.2. The number of nitrogens with two attached hydrogens (primary N) is 1. The van der Waals surface area contributed by atoms with Gasteiger partial charge < -0.3 is 4.74 Å². The summed E-state index contributed by atoms with van der Waals surface area (Å²) in [5, 5.41) is 4.68. The van der Waals surface area contributed by atoms with Gasteiger partial charge in [-0.2, -0.15) is 5.10 Å². The van der Waals surface area contributed by atoms with Gasteiger partial charge in [0.1, 0.15) is 5.75 Å². The van der Waals surface area contributed by atoms with Gasteiger partial charge in [0.25, 0.3) is 0 Å². The Balaban J connectivity index is 2.45. The molecule has 0 aliphatic carbocycles. The van der Waals surface area contributed by atoms with E-state index in [1.54, 1.807) is 18.0 Å². The van der Waals surface area contributed by atoms with E-state index >= 15 is 0 Å². The van der Waals surface area contributed by atoms with Gasteiger partial charge in [-0.3, -0.25) is 10.5 Å². The van der Waals surface area contributed by atoms with Gasteiger partial charge in [-0.1, -0.05) is 23.7 Å². The van der Waals surface area contributed by atoms with Crippen molar-refractivity contribution in [2.24, 2.45) is 12.9 Å². The molecule has 0 amide bonds. The average molecular weight is 267 g/mol. The van der Waals surface area contributed by atoms with Crippen LogP contribution in [0.5, 0.6) is 5.75 Å². The Labute approximate surface area is 110 Å². The second-order valence-electron chi connectivity index (χ2n) is 3.88. The van der Waals surface area contributed by atoms with Crippen LogP contribution >= 0.6 is 11.6 Å². The zero-order chi connectivity index (χ0) is 13.1. The van der Waals surface area contributed by atoms with E-state index in [1.165, 1.54) is 0 Å².